The van der Waals surface area contributed by atoms with E-state index in [9.17, 15) is 5.11 Å². The SMILES string of the molecule is CN1CCN([C@@H]2CN(c3nc(N(C)C)ns3)CC[C@]2(O)c2ccccc2)CC1. The molecule has 7 nitrogen and oxygen atoms in total. The first kappa shape index (κ1) is 19.6. The van der Waals surface area contributed by atoms with Crippen molar-refractivity contribution < 1.29 is 5.11 Å². The quantitative estimate of drug-likeness (QED) is 0.828. The Labute approximate surface area is 171 Å². The Balaban J connectivity index is 1.61. The second-order valence-electron chi connectivity index (χ2n) is 8.11. The van der Waals surface area contributed by atoms with Crippen molar-refractivity contribution >= 4 is 22.6 Å². The number of aromatic nitrogens is 2. The lowest BCUT2D eigenvalue weighted by molar-refractivity contribution is -0.0756. The Hall–Kier alpha value is -1.74. The second-order valence-corrected chi connectivity index (χ2v) is 8.84. The van der Waals surface area contributed by atoms with Crippen molar-refractivity contribution in [1.29, 1.82) is 0 Å². The molecule has 0 aliphatic carbocycles. The number of hydrogen-bond donors (Lipinski definition) is 1. The van der Waals surface area contributed by atoms with Crippen LogP contribution >= 0.6 is 11.5 Å². The van der Waals surface area contributed by atoms with Crippen molar-refractivity contribution in [3.8, 4) is 0 Å². The third kappa shape index (κ3) is 3.74. The van der Waals surface area contributed by atoms with Gasteiger partial charge in [0.25, 0.3) is 0 Å². The number of piperazine rings is 1. The van der Waals surface area contributed by atoms with Crippen molar-refractivity contribution in [2.24, 2.45) is 0 Å². The third-order valence-electron chi connectivity index (χ3n) is 6.03. The molecule has 2 aliphatic heterocycles. The largest absolute Gasteiger partial charge is 0.383 e. The van der Waals surface area contributed by atoms with Crippen LogP contribution in [0.3, 0.4) is 0 Å². The van der Waals surface area contributed by atoms with Gasteiger partial charge in [0.1, 0.15) is 5.60 Å². The number of hydrogen-bond acceptors (Lipinski definition) is 8. The second kappa shape index (κ2) is 7.94. The van der Waals surface area contributed by atoms with Crippen LogP contribution < -0.4 is 9.80 Å². The van der Waals surface area contributed by atoms with Gasteiger partial charge in [0.2, 0.25) is 11.1 Å². The molecule has 1 N–H and O–H groups in total. The number of piperidine rings is 1. The molecule has 2 aliphatic rings. The van der Waals surface area contributed by atoms with Crippen LogP contribution in [0.4, 0.5) is 11.1 Å². The van der Waals surface area contributed by atoms with E-state index < -0.39 is 5.60 Å². The topological polar surface area (TPSA) is 59.0 Å². The van der Waals surface area contributed by atoms with Gasteiger partial charge in [-0.05, 0) is 19.0 Å². The lowest BCUT2D eigenvalue weighted by atomic mass is 9.79. The summed E-state index contributed by atoms with van der Waals surface area (Å²) in [7, 11) is 6.09. The van der Waals surface area contributed by atoms with Gasteiger partial charge in [0.05, 0.1) is 6.04 Å². The Morgan fingerprint density at radius 1 is 1.11 bits per heavy atom. The van der Waals surface area contributed by atoms with Crippen LogP contribution in [0.1, 0.15) is 12.0 Å². The van der Waals surface area contributed by atoms with Gasteiger partial charge in [-0.2, -0.15) is 9.36 Å². The zero-order chi connectivity index (χ0) is 19.7. The first-order valence-corrected chi connectivity index (χ1v) is 10.7. The summed E-state index contributed by atoms with van der Waals surface area (Å²) in [5.41, 5.74) is 0.174. The van der Waals surface area contributed by atoms with Gasteiger partial charge in [-0.1, -0.05) is 30.3 Å². The van der Waals surface area contributed by atoms with E-state index in [0.29, 0.717) is 6.42 Å². The number of likely N-dealkylation sites (N-methyl/N-ethyl adjacent to an activating group) is 1. The molecule has 28 heavy (non-hydrogen) atoms. The average Bonchev–Trinajstić information content (AvgIpc) is 3.20. The fraction of sp³-hybridized carbons (Fsp3) is 0.600. The molecule has 2 fully saturated rings. The number of benzene rings is 1. The lowest BCUT2D eigenvalue weighted by Crippen LogP contribution is -2.63. The van der Waals surface area contributed by atoms with E-state index >= 15 is 0 Å². The highest BCUT2D eigenvalue weighted by Crippen LogP contribution is 2.38. The first-order chi connectivity index (χ1) is 13.5. The molecule has 0 unspecified atom stereocenters. The van der Waals surface area contributed by atoms with Gasteiger partial charge in [-0.25, -0.2) is 0 Å². The van der Waals surface area contributed by atoms with Crippen LogP contribution in [0.5, 0.6) is 0 Å². The highest BCUT2D eigenvalue weighted by Gasteiger charge is 2.46. The summed E-state index contributed by atoms with van der Waals surface area (Å²) in [6.07, 6.45) is 0.685. The number of rotatable bonds is 4. The van der Waals surface area contributed by atoms with E-state index in [1.54, 1.807) is 0 Å². The minimum Gasteiger partial charge on any atom is -0.383 e. The van der Waals surface area contributed by atoms with Crippen molar-refractivity contribution in [2.75, 3.05) is 70.2 Å². The Kier molecular flexibility index (Phi) is 5.55. The number of nitrogens with zero attached hydrogens (tertiary/aromatic N) is 6. The molecule has 2 atom stereocenters. The molecule has 152 valence electrons. The summed E-state index contributed by atoms with van der Waals surface area (Å²) in [6.45, 7) is 5.55. The molecular weight excluding hydrogens is 372 g/mol. The van der Waals surface area contributed by atoms with Gasteiger partial charge in [-0.15, -0.1) is 0 Å². The fourth-order valence-corrected chi connectivity index (χ4v) is 5.00. The summed E-state index contributed by atoms with van der Waals surface area (Å²) in [5, 5.41) is 12.8. The van der Waals surface area contributed by atoms with E-state index in [1.807, 2.05) is 37.2 Å². The summed E-state index contributed by atoms with van der Waals surface area (Å²) in [6, 6.07) is 10.2. The maximum absolute atomic E-state index is 11.9. The minimum atomic E-state index is -0.845. The van der Waals surface area contributed by atoms with Crippen LogP contribution in [-0.2, 0) is 5.60 Å². The van der Waals surface area contributed by atoms with Crippen LogP contribution in [0.25, 0.3) is 0 Å². The number of aliphatic hydroxyl groups is 1. The molecule has 2 saturated heterocycles. The predicted octanol–water partition coefficient (Wildman–Crippen LogP) is 1.32. The maximum Gasteiger partial charge on any atom is 0.238 e. The monoisotopic (exact) mass is 402 g/mol. The third-order valence-corrected chi connectivity index (χ3v) is 6.80. The molecule has 1 aromatic carbocycles. The lowest BCUT2D eigenvalue weighted by Gasteiger charge is -2.51. The van der Waals surface area contributed by atoms with Gasteiger partial charge >= 0.3 is 0 Å². The molecule has 0 bridgehead atoms. The minimum absolute atomic E-state index is 0.0315. The fourth-order valence-electron chi connectivity index (χ4n) is 4.23. The summed E-state index contributed by atoms with van der Waals surface area (Å²) >= 11 is 1.44. The highest BCUT2D eigenvalue weighted by atomic mass is 32.1. The van der Waals surface area contributed by atoms with E-state index in [-0.39, 0.29) is 6.04 Å². The Bertz CT molecular complexity index is 776. The molecular formula is C20H30N6OS. The van der Waals surface area contributed by atoms with Crippen LogP contribution in [0.15, 0.2) is 30.3 Å². The van der Waals surface area contributed by atoms with Crippen molar-refractivity contribution in [3.63, 3.8) is 0 Å². The smallest absolute Gasteiger partial charge is 0.238 e. The normalized spacial score (nSPS) is 27.1. The summed E-state index contributed by atoms with van der Waals surface area (Å²) in [4.78, 5) is 13.7. The summed E-state index contributed by atoms with van der Waals surface area (Å²) < 4.78 is 4.46. The summed E-state index contributed by atoms with van der Waals surface area (Å²) in [5.74, 6) is 0.750. The van der Waals surface area contributed by atoms with E-state index in [0.717, 1.165) is 55.9 Å². The molecule has 0 spiro atoms. The predicted molar refractivity (Wildman–Crippen MR) is 114 cm³/mol. The van der Waals surface area contributed by atoms with Gasteiger partial charge in [-0.3, -0.25) is 4.90 Å². The molecule has 3 heterocycles. The molecule has 0 amide bonds. The molecule has 1 aromatic heterocycles. The van der Waals surface area contributed by atoms with Crippen LogP contribution in [0, 0.1) is 0 Å². The first-order valence-electron chi connectivity index (χ1n) is 9.94. The van der Waals surface area contributed by atoms with Crippen molar-refractivity contribution in [3.05, 3.63) is 35.9 Å². The average molecular weight is 403 g/mol. The van der Waals surface area contributed by atoms with E-state index in [2.05, 4.69) is 38.3 Å². The zero-order valence-corrected chi connectivity index (χ0v) is 17.8. The van der Waals surface area contributed by atoms with Gasteiger partial charge < -0.3 is 19.8 Å². The van der Waals surface area contributed by atoms with Gasteiger partial charge in [0, 0.05) is 64.9 Å². The van der Waals surface area contributed by atoms with Crippen LogP contribution in [0.2, 0.25) is 0 Å². The molecule has 2 aromatic rings. The molecule has 0 radical (unpaired) electrons. The molecule has 0 saturated carbocycles. The van der Waals surface area contributed by atoms with Crippen molar-refractivity contribution in [2.45, 2.75) is 18.1 Å². The molecule has 8 heteroatoms. The van der Waals surface area contributed by atoms with E-state index in [1.165, 1.54) is 11.5 Å². The van der Waals surface area contributed by atoms with Crippen LogP contribution in [-0.4, -0.2) is 90.7 Å². The van der Waals surface area contributed by atoms with Gasteiger partial charge in [0.15, 0.2) is 0 Å². The zero-order valence-electron chi connectivity index (χ0n) is 17.0. The molecule has 4 rings (SSSR count). The van der Waals surface area contributed by atoms with E-state index in [4.69, 9.17) is 4.98 Å². The standard InChI is InChI=1S/C20H30N6OS/c1-23(2)18-21-19(28-22-18)26-10-9-20(27,16-7-5-4-6-8-16)17(15-26)25-13-11-24(3)12-14-25/h4-8,17,27H,9-15H2,1-3H3/t17-,20+/m1/s1. The maximum atomic E-state index is 11.9. The Morgan fingerprint density at radius 3 is 2.46 bits per heavy atom. The van der Waals surface area contributed by atoms with Crippen molar-refractivity contribution in [1.82, 2.24) is 19.2 Å². The number of anilines is 2. The Morgan fingerprint density at radius 2 is 1.82 bits per heavy atom. The highest BCUT2D eigenvalue weighted by molar-refractivity contribution is 7.09.